The fourth-order valence-corrected chi connectivity index (χ4v) is 2.55. The van der Waals surface area contributed by atoms with Gasteiger partial charge < -0.3 is 19.9 Å². The predicted octanol–water partition coefficient (Wildman–Crippen LogP) is 2.38. The number of halogens is 1. The first-order valence-corrected chi connectivity index (χ1v) is 8.56. The highest BCUT2D eigenvalue weighted by Gasteiger charge is 2.05. The van der Waals surface area contributed by atoms with Gasteiger partial charge in [0.05, 0.1) is 7.11 Å². The molecule has 0 bridgehead atoms. The van der Waals surface area contributed by atoms with Crippen molar-refractivity contribution in [2.75, 3.05) is 27.2 Å². The van der Waals surface area contributed by atoms with Crippen LogP contribution in [0.2, 0.25) is 5.02 Å². The van der Waals surface area contributed by atoms with E-state index in [0.29, 0.717) is 16.7 Å². The Hall–Kier alpha value is -2.28. The summed E-state index contributed by atoms with van der Waals surface area (Å²) < 4.78 is 10.2. The highest BCUT2D eigenvalue weighted by molar-refractivity contribution is 6.31. The fraction of sp³-hybridized carbons (Fsp3) is 0.471. The highest BCUT2D eigenvalue weighted by atomic mass is 35.5. The van der Waals surface area contributed by atoms with Crippen molar-refractivity contribution in [3.05, 3.63) is 40.5 Å². The number of ether oxygens (including phenoxy) is 1. The third-order valence-electron chi connectivity index (χ3n) is 3.60. The van der Waals surface area contributed by atoms with Gasteiger partial charge in [0.2, 0.25) is 5.89 Å². The summed E-state index contributed by atoms with van der Waals surface area (Å²) in [6.45, 7) is 3.31. The average Bonchev–Trinajstić information content (AvgIpc) is 3.03. The lowest BCUT2D eigenvalue weighted by atomic mass is 10.1. The molecule has 0 aliphatic heterocycles. The van der Waals surface area contributed by atoms with E-state index in [9.17, 15) is 0 Å². The molecule has 136 valence electrons. The molecular weight excluding hydrogens is 342 g/mol. The number of methoxy groups -OCH3 is 1. The topological polar surface area (TPSA) is 84.6 Å². The van der Waals surface area contributed by atoms with Crippen molar-refractivity contribution in [1.82, 2.24) is 20.8 Å². The van der Waals surface area contributed by atoms with Crippen LogP contribution >= 0.6 is 11.6 Å². The van der Waals surface area contributed by atoms with Gasteiger partial charge in [-0.1, -0.05) is 22.8 Å². The van der Waals surface area contributed by atoms with Crippen LogP contribution in [0.15, 0.2) is 27.7 Å². The van der Waals surface area contributed by atoms with E-state index >= 15 is 0 Å². The number of aromatic nitrogens is 2. The summed E-state index contributed by atoms with van der Waals surface area (Å²) in [7, 11) is 3.37. The second-order valence-corrected chi connectivity index (χ2v) is 5.88. The van der Waals surface area contributed by atoms with Crippen LogP contribution in [-0.2, 0) is 12.8 Å². The van der Waals surface area contributed by atoms with Crippen LogP contribution in [0.25, 0.3) is 0 Å². The molecule has 25 heavy (non-hydrogen) atoms. The molecule has 0 amide bonds. The number of nitrogens with one attached hydrogen (secondary N) is 2. The van der Waals surface area contributed by atoms with Crippen molar-refractivity contribution >= 4 is 17.6 Å². The van der Waals surface area contributed by atoms with Gasteiger partial charge in [-0.3, -0.25) is 4.99 Å². The van der Waals surface area contributed by atoms with Gasteiger partial charge in [0.15, 0.2) is 11.8 Å². The number of nitrogens with zero attached hydrogens (tertiary/aromatic N) is 3. The Bertz CT molecular complexity index is 702. The van der Waals surface area contributed by atoms with Crippen molar-refractivity contribution in [2.24, 2.45) is 4.99 Å². The summed E-state index contributed by atoms with van der Waals surface area (Å²) in [6.07, 6.45) is 2.42. The van der Waals surface area contributed by atoms with Crippen LogP contribution in [-0.4, -0.2) is 43.3 Å². The van der Waals surface area contributed by atoms with Crippen LogP contribution in [0, 0.1) is 6.92 Å². The van der Waals surface area contributed by atoms with Gasteiger partial charge >= 0.3 is 0 Å². The number of hydrogen-bond donors (Lipinski definition) is 2. The molecule has 2 N–H and O–H groups in total. The molecular formula is C17H24ClN5O2. The molecule has 1 heterocycles. The number of benzene rings is 1. The molecule has 0 aliphatic carbocycles. The minimum Gasteiger partial charge on any atom is -0.497 e. The van der Waals surface area contributed by atoms with Gasteiger partial charge in [0.25, 0.3) is 0 Å². The van der Waals surface area contributed by atoms with Crippen molar-refractivity contribution < 1.29 is 9.26 Å². The molecule has 0 saturated carbocycles. The summed E-state index contributed by atoms with van der Waals surface area (Å²) in [5, 5.41) is 11.0. The molecule has 0 fully saturated rings. The summed E-state index contributed by atoms with van der Waals surface area (Å²) in [5.74, 6) is 2.84. The molecule has 2 aromatic rings. The number of aliphatic imine (C=N–C) groups is 1. The summed E-state index contributed by atoms with van der Waals surface area (Å²) in [6, 6.07) is 5.71. The van der Waals surface area contributed by atoms with Gasteiger partial charge in [-0.2, -0.15) is 4.98 Å². The molecule has 0 atom stereocenters. The van der Waals surface area contributed by atoms with E-state index < -0.39 is 0 Å². The zero-order valence-electron chi connectivity index (χ0n) is 14.8. The molecule has 0 unspecified atom stereocenters. The van der Waals surface area contributed by atoms with Crippen molar-refractivity contribution in [3.63, 3.8) is 0 Å². The minimum absolute atomic E-state index is 0.663. The Morgan fingerprint density at radius 2 is 2.08 bits per heavy atom. The third kappa shape index (κ3) is 6.26. The molecule has 1 aromatic heterocycles. The number of guanidine groups is 1. The van der Waals surface area contributed by atoms with Crippen molar-refractivity contribution in [3.8, 4) is 5.75 Å². The lowest BCUT2D eigenvalue weighted by molar-refractivity contribution is 0.372. The first kappa shape index (κ1) is 19.1. The molecule has 7 nitrogen and oxygen atoms in total. The van der Waals surface area contributed by atoms with Crippen LogP contribution in [0.3, 0.4) is 0 Å². The van der Waals surface area contributed by atoms with Gasteiger partial charge in [-0.25, -0.2) is 0 Å². The maximum absolute atomic E-state index is 6.25. The molecule has 0 spiro atoms. The number of rotatable bonds is 8. The minimum atomic E-state index is 0.663. The van der Waals surface area contributed by atoms with Crippen LogP contribution < -0.4 is 15.4 Å². The van der Waals surface area contributed by atoms with Crippen molar-refractivity contribution in [2.45, 2.75) is 26.2 Å². The maximum Gasteiger partial charge on any atom is 0.226 e. The van der Waals surface area contributed by atoms with E-state index in [4.69, 9.17) is 20.9 Å². The summed E-state index contributed by atoms with van der Waals surface area (Å²) >= 11 is 6.25. The predicted molar refractivity (Wildman–Crippen MR) is 98.4 cm³/mol. The summed E-state index contributed by atoms with van der Waals surface area (Å²) in [5.41, 5.74) is 1.07. The largest absolute Gasteiger partial charge is 0.497 e. The van der Waals surface area contributed by atoms with Gasteiger partial charge in [-0.05, 0) is 37.5 Å². The number of aryl methyl sites for hydroxylation is 2. The van der Waals surface area contributed by atoms with Crippen LogP contribution in [0.5, 0.6) is 5.75 Å². The Labute approximate surface area is 152 Å². The zero-order chi connectivity index (χ0) is 18.1. The molecule has 1 aromatic carbocycles. The average molecular weight is 366 g/mol. The SMILES string of the molecule is CN=C(NCCCc1nc(C)no1)NCCc1ccc(OC)cc1Cl. The second kappa shape index (κ2) is 9.88. The Balaban J connectivity index is 1.68. The first-order chi connectivity index (χ1) is 12.1. The van der Waals surface area contributed by atoms with E-state index in [-0.39, 0.29) is 0 Å². The molecule has 0 radical (unpaired) electrons. The normalized spacial score (nSPS) is 11.4. The Morgan fingerprint density at radius 1 is 1.28 bits per heavy atom. The maximum atomic E-state index is 6.25. The molecule has 0 aliphatic rings. The van der Waals surface area contributed by atoms with Gasteiger partial charge in [0.1, 0.15) is 5.75 Å². The lowest BCUT2D eigenvalue weighted by Gasteiger charge is -2.12. The van der Waals surface area contributed by atoms with E-state index in [1.165, 1.54) is 0 Å². The quantitative estimate of drug-likeness (QED) is 0.424. The molecule has 8 heteroatoms. The van der Waals surface area contributed by atoms with E-state index in [1.807, 2.05) is 25.1 Å². The van der Waals surface area contributed by atoms with E-state index in [1.54, 1.807) is 14.2 Å². The highest BCUT2D eigenvalue weighted by Crippen LogP contribution is 2.22. The monoisotopic (exact) mass is 365 g/mol. The smallest absolute Gasteiger partial charge is 0.226 e. The Kier molecular flexibility index (Phi) is 7.53. The molecule has 2 rings (SSSR count). The summed E-state index contributed by atoms with van der Waals surface area (Å²) in [4.78, 5) is 8.39. The zero-order valence-corrected chi connectivity index (χ0v) is 15.6. The first-order valence-electron chi connectivity index (χ1n) is 8.18. The van der Waals surface area contributed by atoms with E-state index in [0.717, 1.165) is 49.6 Å². The van der Waals surface area contributed by atoms with Gasteiger partial charge in [-0.15, -0.1) is 0 Å². The Morgan fingerprint density at radius 3 is 2.72 bits per heavy atom. The third-order valence-corrected chi connectivity index (χ3v) is 3.95. The lowest BCUT2D eigenvalue weighted by Crippen LogP contribution is -2.38. The molecule has 0 saturated heterocycles. The van der Waals surface area contributed by atoms with Crippen LogP contribution in [0.4, 0.5) is 0 Å². The second-order valence-electron chi connectivity index (χ2n) is 5.47. The number of hydrogen-bond acceptors (Lipinski definition) is 5. The fourth-order valence-electron chi connectivity index (χ4n) is 2.28. The van der Waals surface area contributed by atoms with Crippen LogP contribution in [0.1, 0.15) is 23.7 Å². The van der Waals surface area contributed by atoms with Crippen molar-refractivity contribution in [1.29, 1.82) is 0 Å². The van der Waals surface area contributed by atoms with Gasteiger partial charge in [0, 0.05) is 31.6 Å². The van der Waals surface area contributed by atoms with E-state index in [2.05, 4.69) is 25.8 Å². The standard InChI is InChI=1S/C17H24ClN5O2/c1-12-22-16(25-23-12)5-4-9-20-17(19-2)21-10-8-13-6-7-14(24-3)11-15(13)18/h6-7,11H,4-5,8-10H2,1-3H3,(H2,19,20,21).